The molecule has 194 valence electrons. The standard InChI is InChI=1S/C22H22F5N5O4/c23-20(24)36-18-2-1-11(7-29-18)14(33)9-32-16(22(25,26)27)3-4-31-19(34)6-17(30-21(31)32)28-8-15-13-5-12(13)10-35-15/h1-2,6-7,12-13,15-16,20,28H,3-5,8-10H2/t12?,13?,15-,16+/m1/s1. The molecule has 1 saturated heterocycles. The minimum Gasteiger partial charge on any atom is -0.417 e. The average molecular weight is 515 g/mol. The number of alkyl halides is 5. The van der Waals surface area contributed by atoms with E-state index in [-0.39, 0.29) is 30.0 Å². The molecule has 0 bridgehead atoms. The third-order valence-corrected chi connectivity index (χ3v) is 6.67. The fourth-order valence-corrected chi connectivity index (χ4v) is 4.74. The molecule has 0 spiro atoms. The van der Waals surface area contributed by atoms with Gasteiger partial charge in [0.1, 0.15) is 11.9 Å². The Morgan fingerprint density at radius 3 is 2.72 bits per heavy atom. The van der Waals surface area contributed by atoms with Crippen molar-refractivity contribution in [3.63, 3.8) is 0 Å². The molecule has 9 nitrogen and oxygen atoms in total. The van der Waals surface area contributed by atoms with E-state index in [9.17, 15) is 31.5 Å². The number of aromatic nitrogens is 3. The number of hydrogen-bond acceptors (Lipinski definition) is 8. The summed E-state index contributed by atoms with van der Waals surface area (Å²) in [5.41, 5.74) is -0.656. The molecule has 1 aliphatic carbocycles. The molecule has 0 amide bonds. The highest BCUT2D eigenvalue weighted by molar-refractivity contribution is 5.99. The van der Waals surface area contributed by atoms with Gasteiger partial charge in [0.25, 0.3) is 5.56 Å². The molecular formula is C22H22F5N5O4. The number of ketones is 1. The van der Waals surface area contributed by atoms with E-state index in [1.807, 2.05) is 0 Å². The van der Waals surface area contributed by atoms with Crippen molar-refractivity contribution in [2.45, 2.75) is 44.3 Å². The van der Waals surface area contributed by atoms with Gasteiger partial charge in [-0.2, -0.15) is 26.9 Å². The minimum absolute atomic E-state index is 0.0549. The third-order valence-electron chi connectivity index (χ3n) is 6.67. The lowest BCUT2D eigenvalue weighted by molar-refractivity contribution is -0.152. The van der Waals surface area contributed by atoms with Crippen molar-refractivity contribution in [2.75, 3.05) is 29.9 Å². The predicted molar refractivity (Wildman–Crippen MR) is 115 cm³/mol. The molecule has 0 aromatic carbocycles. The maximum absolute atomic E-state index is 13.9. The predicted octanol–water partition coefficient (Wildman–Crippen LogP) is 2.71. The van der Waals surface area contributed by atoms with Crippen LogP contribution in [0.1, 0.15) is 23.2 Å². The number of rotatable bonds is 8. The lowest BCUT2D eigenvalue weighted by atomic mass is 10.1. The van der Waals surface area contributed by atoms with E-state index in [0.717, 1.165) is 34.2 Å². The number of halogens is 5. The van der Waals surface area contributed by atoms with Gasteiger partial charge in [0.15, 0.2) is 5.78 Å². The number of Topliss-reactive ketones (excluding diaryl/α,β-unsaturated/α-hetero) is 1. The van der Waals surface area contributed by atoms with Gasteiger partial charge >= 0.3 is 12.8 Å². The summed E-state index contributed by atoms with van der Waals surface area (Å²) in [6.07, 6.45) is -3.19. The number of ether oxygens (including phenoxy) is 2. The smallest absolute Gasteiger partial charge is 0.408 e. The van der Waals surface area contributed by atoms with Crippen LogP contribution in [0.4, 0.5) is 33.7 Å². The zero-order valence-corrected chi connectivity index (χ0v) is 18.8. The minimum atomic E-state index is -4.70. The van der Waals surface area contributed by atoms with Crippen molar-refractivity contribution in [3.8, 4) is 5.88 Å². The van der Waals surface area contributed by atoms with Crippen molar-refractivity contribution >= 4 is 17.5 Å². The van der Waals surface area contributed by atoms with Crippen LogP contribution in [0, 0.1) is 11.8 Å². The number of hydrogen-bond donors (Lipinski definition) is 1. The first-order chi connectivity index (χ1) is 17.1. The van der Waals surface area contributed by atoms with Gasteiger partial charge in [0, 0.05) is 37.0 Å². The van der Waals surface area contributed by atoms with Crippen LogP contribution in [0.25, 0.3) is 0 Å². The zero-order chi connectivity index (χ0) is 25.6. The Hall–Kier alpha value is -3.29. The summed E-state index contributed by atoms with van der Waals surface area (Å²) >= 11 is 0. The number of pyridine rings is 1. The quantitative estimate of drug-likeness (QED) is 0.424. The highest BCUT2D eigenvalue weighted by atomic mass is 19.4. The molecule has 3 aliphatic rings. The van der Waals surface area contributed by atoms with E-state index < -0.39 is 49.0 Å². The van der Waals surface area contributed by atoms with E-state index >= 15 is 0 Å². The second kappa shape index (κ2) is 9.30. The molecule has 1 saturated carbocycles. The van der Waals surface area contributed by atoms with E-state index in [0.29, 0.717) is 25.0 Å². The van der Waals surface area contributed by atoms with Crippen LogP contribution >= 0.6 is 0 Å². The highest BCUT2D eigenvalue weighted by Crippen LogP contribution is 2.48. The van der Waals surface area contributed by atoms with Gasteiger partial charge in [0.2, 0.25) is 11.8 Å². The maximum Gasteiger partial charge on any atom is 0.408 e. The van der Waals surface area contributed by atoms with E-state index in [4.69, 9.17) is 4.74 Å². The second-order valence-electron chi connectivity index (χ2n) is 9.00. The molecule has 14 heteroatoms. The first-order valence-corrected chi connectivity index (χ1v) is 11.3. The summed E-state index contributed by atoms with van der Waals surface area (Å²) in [6.45, 7) is -3.06. The number of nitrogens with one attached hydrogen (secondary N) is 1. The van der Waals surface area contributed by atoms with Gasteiger partial charge in [-0.05, 0) is 30.7 Å². The molecule has 2 aromatic heterocycles. The van der Waals surface area contributed by atoms with Crippen molar-refractivity contribution in [2.24, 2.45) is 11.8 Å². The molecule has 0 radical (unpaired) electrons. The number of carbonyl (C=O) groups is 1. The Kier molecular flexibility index (Phi) is 6.30. The summed E-state index contributed by atoms with van der Waals surface area (Å²) in [4.78, 5) is 34.2. The van der Waals surface area contributed by atoms with E-state index in [1.165, 1.54) is 6.07 Å². The number of carbonyl (C=O) groups excluding carboxylic acids is 1. The first-order valence-electron chi connectivity index (χ1n) is 11.3. The van der Waals surface area contributed by atoms with Crippen LogP contribution in [0.2, 0.25) is 0 Å². The van der Waals surface area contributed by atoms with Gasteiger partial charge in [0.05, 0.1) is 19.3 Å². The van der Waals surface area contributed by atoms with Crippen LogP contribution in [0.5, 0.6) is 5.88 Å². The Balaban J connectivity index is 1.39. The Labute approximate surface area is 201 Å². The van der Waals surface area contributed by atoms with Gasteiger partial charge in [-0.1, -0.05) is 0 Å². The summed E-state index contributed by atoms with van der Waals surface area (Å²) < 4.78 is 77.3. The molecule has 2 aromatic rings. The van der Waals surface area contributed by atoms with E-state index in [2.05, 4.69) is 20.0 Å². The summed E-state index contributed by atoms with van der Waals surface area (Å²) in [5.74, 6) is -0.417. The molecule has 5 rings (SSSR count). The molecule has 2 fully saturated rings. The monoisotopic (exact) mass is 515 g/mol. The molecule has 4 atom stereocenters. The van der Waals surface area contributed by atoms with Crippen molar-refractivity contribution in [1.82, 2.24) is 14.5 Å². The van der Waals surface area contributed by atoms with Crippen molar-refractivity contribution in [1.29, 1.82) is 0 Å². The molecule has 4 heterocycles. The van der Waals surface area contributed by atoms with Crippen LogP contribution in [-0.4, -0.2) is 64.9 Å². The largest absolute Gasteiger partial charge is 0.417 e. The van der Waals surface area contributed by atoms with Gasteiger partial charge in [-0.25, -0.2) is 4.98 Å². The van der Waals surface area contributed by atoms with E-state index in [1.54, 1.807) is 0 Å². The summed E-state index contributed by atoms with van der Waals surface area (Å²) in [5, 5.41) is 2.99. The fourth-order valence-electron chi connectivity index (χ4n) is 4.74. The third kappa shape index (κ3) is 4.99. The molecule has 36 heavy (non-hydrogen) atoms. The van der Waals surface area contributed by atoms with Crippen LogP contribution in [0.15, 0.2) is 29.2 Å². The Bertz CT molecular complexity index is 1190. The van der Waals surface area contributed by atoms with Gasteiger partial charge in [-0.15, -0.1) is 0 Å². The zero-order valence-electron chi connectivity index (χ0n) is 18.8. The average Bonchev–Trinajstić information content (AvgIpc) is 3.48. The lowest BCUT2D eigenvalue weighted by Crippen LogP contribution is -2.54. The van der Waals surface area contributed by atoms with Gasteiger partial charge in [-0.3, -0.25) is 14.2 Å². The summed E-state index contributed by atoms with van der Waals surface area (Å²) in [6, 6.07) is 1.31. The SMILES string of the molecule is O=C(CN1c2nc(NC[C@H]3OCC4CC43)cc(=O)n2CC[C@H]1C(F)(F)F)c1ccc(OC(F)F)nc1. The normalized spacial score (nSPS) is 24.9. The maximum atomic E-state index is 13.9. The van der Waals surface area contributed by atoms with Crippen molar-refractivity contribution < 1.29 is 36.2 Å². The second-order valence-corrected chi connectivity index (χ2v) is 9.00. The van der Waals surface area contributed by atoms with Gasteiger partial charge < -0.3 is 19.7 Å². The number of nitrogens with zero attached hydrogens (tertiary/aromatic N) is 4. The molecule has 1 N–H and O–H groups in total. The topological polar surface area (TPSA) is 98.6 Å². The summed E-state index contributed by atoms with van der Waals surface area (Å²) in [7, 11) is 0. The Morgan fingerprint density at radius 2 is 2.11 bits per heavy atom. The number of anilines is 2. The Morgan fingerprint density at radius 1 is 1.31 bits per heavy atom. The molecule has 2 unspecified atom stereocenters. The first kappa shape index (κ1) is 24.4. The molecular weight excluding hydrogens is 493 g/mol. The molecule has 2 aliphatic heterocycles. The van der Waals surface area contributed by atoms with Crippen LogP contribution in [-0.2, 0) is 11.3 Å². The fraction of sp³-hybridized carbons (Fsp3) is 0.545. The lowest BCUT2D eigenvalue weighted by Gasteiger charge is -2.38. The number of fused-ring (bicyclic) bond motifs is 2. The van der Waals surface area contributed by atoms with Crippen LogP contribution in [0.3, 0.4) is 0 Å². The van der Waals surface area contributed by atoms with Crippen molar-refractivity contribution in [3.05, 3.63) is 40.3 Å². The highest BCUT2D eigenvalue weighted by Gasteiger charge is 2.49. The van der Waals surface area contributed by atoms with Crippen LogP contribution < -0.4 is 20.5 Å².